The van der Waals surface area contributed by atoms with E-state index in [4.69, 9.17) is 26.4 Å². The molecule has 0 aliphatic carbocycles. The number of aromatic nitrogens is 1. The molecule has 0 unspecified atom stereocenters. The van der Waals surface area contributed by atoms with E-state index in [1.165, 1.54) is 0 Å². The molecule has 3 aromatic rings. The van der Waals surface area contributed by atoms with Crippen LogP contribution in [0, 0.1) is 0 Å². The summed E-state index contributed by atoms with van der Waals surface area (Å²) in [7, 11) is 0. The first-order valence-corrected chi connectivity index (χ1v) is 11.7. The standard InChI is InChI=1S/C25H27N3O4S/c1-16(17-6-3-2-4-7-17)26-25(33)28(14-20-8-5-9-30-20)13-19-10-18-11-22-23(32-15-31-22)12-21(18)27-24(19)29/h2-4,6-7,10-12,16,20H,5,8-9,13-15H2,1H3,(H,26,33)(H,27,29)/t16-,20+/m1/s1. The van der Waals surface area contributed by atoms with Gasteiger partial charge in [0, 0.05) is 30.2 Å². The Labute approximate surface area is 197 Å². The fourth-order valence-electron chi connectivity index (χ4n) is 4.32. The van der Waals surface area contributed by atoms with Crippen molar-refractivity contribution >= 4 is 28.2 Å². The predicted molar refractivity (Wildman–Crippen MR) is 131 cm³/mol. The van der Waals surface area contributed by atoms with Crippen LogP contribution in [0.4, 0.5) is 0 Å². The summed E-state index contributed by atoms with van der Waals surface area (Å²) in [6, 6.07) is 15.8. The molecule has 0 saturated carbocycles. The Bertz CT molecular complexity index is 1210. The van der Waals surface area contributed by atoms with Crippen LogP contribution in [0.1, 0.15) is 36.9 Å². The molecule has 172 valence electrons. The minimum atomic E-state index is -0.141. The van der Waals surface area contributed by atoms with Gasteiger partial charge < -0.3 is 29.4 Å². The van der Waals surface area contributed by atoms with Gasteiger partial charge in [-0.25, -0.2) is 0 Å². The number of H-pyrrole nitrogens is 1. The normalized spacial score (nSPS) is 17.8. The van der Waals surface area contributed by atoms with Crippen molar-refractivity contribution in [3.8, 4) is 11.5 Å². The van der Waals surface area contributed by atoms with E-state index in [1.807, 2.05) is 35.2 Å². The summed E-state index contributed by atoms with van der Waals surface area (Å²) < 4.78 is 16.8. The molecule has 7 nitrogen and oxygen atoms in total. The molecule has 5 rings (SSSR count). The van der Waals surface area contributed by atoms with Crippen molar-refractivity contribution in [2.75, 3.05) is 19.9 Å². The van der Waals surface area contributed by atoms with E-state index in [1.54, 1.807) is 6.07 Å². The van der Waals surface area contributed by atoms with Crippen LogP contribution in [-0.4, -0.2) is 41.0 Å². The van der Waals surface area contributed by atoms with Gasteiger partial charge in [0.2, 0.25) is 6.79 Å². The van der Waals surface area contributed by atoms with Gasteiger partial charge in [0.05, 0.1) is 24.2 Å². The molecule has 1 saturated heterocycles. The van der Waals surface area contributed by atoms with Gasteiger partial charge in [-0.15, -0.1) is 0 Å². The van der Waals surface area contributed by atoms with Crippen molar-refractivity contribution in [2.45, 2.75) is 38.5 Å². The highest BCUT2D eigenvalue weighted by Crippen LogP contribution is 2.35. The van der Waals surface area contributed by atoms with E-state index >= 15 is 0 Å². The lowest BCUT2D eigenvalue weighted by atomic mass is 10.1. The second-order valence-electron chi connectivity index (χ2n) is 8.51. The number of aromatic amines is 1. The molecule has 2 aliphatic rings. The maximum absolute atomic E-state index is 12.9. The number of fused-ring (bicyclic) bond motifs is 2. The summed E-state index contributed by atoms with van der Waals surface area (Å²) in [5.41, 5.74) is 2.36. The first kappa shape index (κ1) is 21.7. The van der Waals surface area contributed by atoms with E-state index in [0.29, 0.717) is 35.3 Å². The molecule has 1 aromatic heterocycles. The highest BCUT2D eigenvalue weighted by Gasteiger charge is 2.23. The number of thiocarbonyl (C=S) groups is 1. The van der Waals surface area contributed by atoms with E-state index in [-0.39, 0.29) is 24.5 Å². The maximum atomic E-state index is 12.9. The highest BCUT2D eigenvalue weighted by molar-refractivity contribution is 7.80. The summed E-state index contributed by atoms with van der Waals surface area (Å²) in [6.45, 7) is 4.05. The van der Waals surface area contributed by atoms with Crippen molar-refractivity contribution in [1.82, 2.24) is 15.2 Å². The van der Waals surface area contributed by atoms with Gasteiger partial charge in [0.1, 0.15) is 0 Å². The molecule has 2 atom stereocenters. The fraction of sp³-hybridized carbons (Fsp3) is 0.360. The molecule has 1 fully saturated rings. The molecule has 0 bridgehead atoms. The predicted octanol–water partition coefficient (Wildman–Crippen LogP) is 3.87. The summed E-state index contributed by atoms with van der Waals surface area (Å²) in [5.74, 6) is 1.33. The number of nitrogens with one attached hydrogen (secondary N) is 2. The highest BCUT2D eigenvalue weighted by atomic mass is 32.1. The van der Waals surface area contributed by atoms with E-state index in [2.05, 4.69) is 29.4 Å². The van der Waals surface area contributed by atoms with Crippen molar-refractivity contribution in [2.24, 2.45) is 0 Å². The number of hydrogen-bond acceptors (Lipinski definition) is 5. The fourth-order valence-corrected chi connectivity index (χ4v) is 4.64. The van der Waals surface area contributed by atoms with Crippen LogP contribution in [0.5, 0.6) is 11.5 Å². The molecule has 2 aromatic carbocycles. The molecule has 0 spiro atoms. The van der Waals surface area contributed by atoms with Crippen LogP contribution >= 0.6 is 12.2 Å². The minimum Gasteiger partial charge on any atom is -0.454 e. The zero-order valence-corrected chi connectivity index (χ0v) is 19.3. The largest absolute Gasteiger partial charge is 0.454 e. The Morgan fingerprint density at radius 2 is 2.00 bits per heavy atom. The number of ether oxygens (including phenoxy) is 3. The average molecular weight is 466 g/mol. The third kappa shape index (κ3) is 4.82. The Morgan fingerprint density at radius 3 is 2.76 bits per heavy atom. The number of hydrogen-bond donors (Lipinski definition) is 2. The first-order chi connectivity index (χ1) is 16.1. The average Bonchev–Trinajstić information content (AvgIpc) is 3.50. The summed E-state index contributed by atoms with van der Waals surface area (Å²) in [6.07, 6.45) is 2.14. The number of rotatable bonds is 6. The van der Waals surface area contributed by atoms with Crippen molar-refractivity contribution < 1.29 is 14.2 Å². The second-order valence-corrected chi connectivity index (χ2v) is 8.90. The Morgan fingerprint density at radius 1 is 1.21 bits per heavy atom. The quantitative estimate of drug-likeness (QED) is 0.535. The zero-order valence-electron chi connectivity index (χ0n) is 18.5. The van der Waals surface area contributed by atoms with Crippen molar-refractivity contribution in [3.63, 3.8) is 0 Å². The minimum absolute atomic E-state index is 0.0420. The smallest absolute Gasteiger partial charge is 0.253 e. The molecule has 8 heteroatoms. The molecule has 3 heterocycles. The summed E-state index contributed by atoms with van der Waals surface area (Å²) in [5, 5.41) is 4.93. The SMILES string of the molecule is C[C@@H](NC(=S)N(Cc1cc2cc3c(cc2[nH]c1=O)OCO3)C[C@@H]1CCCO1)c1ccccc1. The third-order valence-electron chi connectivity index (χ3n) is 6.15. The van der Waals surface area contributed by atoms with Crippen LogP contribution < -0.4 is 20.3 Å². The maximum Gasteiger partial charge on any atom is 0.253 e. The van der Waals surface area contributed by atoms with Crippen LogP contribution in [0.15, 0.2) is 53.3 Å². The van der Waals surface area contributed by atoms with Gasteiger partial charge in [-0.3, -0.25) is 4.79 Å². The molecule has 33 heavy (non-hydrogen) atoms. The van der Waals surface area contributed by atoms with Gasteiger partial charge in [0.15, 0.2) is 16.6 Å². The van der Waals surface area contributed by atoms with Crippen LogP contribution in [0.25, 0.3) is 10.9 Å². The van der Waals surface area contributed by atoms with Crippen LogP contribution in [0.3, 0.4) is 0 Å². The van der Waals surface area contributed by atoms with Gasteiger partial charge in [0.25, 0.3) is 5.56 Å². The topological polar surface area (TPSA) is 75.8 Å². The zero-order chi connectivity index (χ0) is 22.8. The lowest BCUT2D eigenvalue weighted by Crippen LogP contribution is -2.44. The first-order valence-electron chi connectivity index (χ1n) is 11.2. The van der Waals surface area contributed by atoms with Gasteiger partial charge in [-0.1, -0.05) is 30.3 Å². The lowest BCUT2D eigenvalue weighted by molar-refractivity contribution is 0.0895. The monoisotopic (exact) mass is 465 g/mol. The molecule has 0 radical (unpaired) electrons. The summed E-state index contributed by atoms with van der Waals surface area (Å²) >= 11 is 5.80. The van der Waals surface area contributed by atoms with Gasteiger partial charge in [-0.2, -0.15) is 0 Å². The Hall–Kier alpha value is -3.10. The van der Waals surface area contributed by atoms with Gasteiger partial charge in [-0.05, 0) is 49.7 Å². The van der Waals surface area contributed by atoms with Crippen molar-refractivity contribution in [1.29, 1.82) is 0 Å². The van der Waals surface area contributed by atoms with Crippen LogP contribution in [0.2, 0.25) is 0 Å². The Kier molecular flexibility index (Phi) is 6.20. The number of nitrogens with zero attached hydrogens (tertiary/aromatic N) is 1. The van der Waals surface area contributed by atoms with E-state index in [9.17, 15) is 4.79 Å². The van der Waals surface area contributed by atoms with Gasteiger partial charge >= 0.3 is 0 Å². The van der Waals surface area contributed by atoms with E-state index in [0.717, 1.165) is 35.9 Å². The summed E-state index contributed by atoms with van der Waals surface area (Å²) in [4.78, 5) is 17.9. The molecule has 2 N–H and O–H groups in total. The van der Waals surface area contributed by atoms with Crippen LogP contribution in [-0.2, 0) is 11.3 Å². The molecular weight excluding hydrogens is 438 g/mol. The molecule has 2 aliphatic heterocycles. The van der Waals surface area contributed by atoms with E-state index < -0.39 is 0 Å². The molecule has 0 amide bonds. The van der Waals surface area contributed by atoms with Crippen molar-refractivity contribution in [3.05, 3.63) is 70.0 Å². The lowest BCUT2D eigenvalue weighted by Gasteiger charge is -2.30. The number of pyridine rings is 1. The Balaban J connectivity index is 1.39. The third-order valence-corrected chi connectivity index (χ3v) is 6.53. The molecular formula is C25H27N3O4S. The number of benzene rings is 2. The second kappa shape index (κ2) is 9.41.